The zero-order valence-electron chi connectivity index (χ0n) is 16.6. The van der Waals surface area contributed by atoms with E-state index in [1.165, 1.54) is 25.1 Å². The highest BCUT2D eigenvalue weighted by atomic mass is 35.5. The zero-order chi connectivity index (χ0) is 21.1. The minimum Gasteiger partial charge on any atom is -0.452 e. The first-order chi connectivity index (χ1) is 13.8. The fourth-order valence-corrected chi connectivity index (χ4v) is 4.00. The van der Waals surface area contributed by atoms with E-state index in [0.29, 0.717) is 11.8 Å². The molecule has 0 spiro atoms. The van der Waals surface area contributed by atoms with Crippen molar-refractivity contribution >= 4 is 23.5 Å². The Morgan fingerprint density at radius 3 is 2.83 bits per heavy atom. The molecule has 3 atom stereocenters. The van der Waals surface area contributed by atoms with Crippen LogP contribution in [0.5, 0.6) is 0 Å². The quantitative estimate of drug-likeness (QED) is 0.715. The Hall–Kier alpha value is -2.41. The molecule has 1 aromatic heterocycles. The van der Waals surface area contributed by atoms with Gasteiger partial charge in [-0.3, -0.25) is 4.79 Å². The first-order valence-electron chi connectivity index (χ1n) is 9.66. The Morgan fingerprint density at radius 2 is 2.10 bits per heavy atom. The maximum atomic E-state index is 14.2. The molecule has 6 nitrogen and oxygen atoms in total. The average Bonchev–Trinajstić information content (AvgIpc) is 3.04. The molecule has 0 aliphatic heterocycles. The van der Waals surface area contributed by atoms with Crippen molar-refractivity contribution < 1.29 is 23.2 Å². The largest absolute Gasteiger partial charge is 0.452 e. The van der Waals surface area contributed by atoms with E-state index in [9.17, 15) is 14.0 Å². The molecule has 3 unspecified atom stereocenters. The van der Waals surface area contributed by atoms with Crippen molar-refractivity contribution in [2.75, 3.05) is 6.61 Å². The van der Waals surface area contributed by atoms with Gasteiger partial charge in [0.1, 0.15) is 22.8 Å². The van der Waals surface area contributed by atoms with Crippen LogP contribution in [0.25, 0.3) is 11.3 Å². The summed E-state index contributed by atoms with van der Waals surface area (Å²) in [5, 5.41) is 6.80. The lowest BCUT2D eigenvalue weighted by Gasteiger charge is -2.34. The number of amides is 1. The second kappa shape index (κ2) is 8.95. The van der Waals surface area contributed by atoms with E-state index in [1.54, 1.807) is 0 Å². The van der Waals surface area contributed by atoms with Crippen LogP contribution >= 0.6 is 11.6 Å². The van der Waals surface area contributed by atoms with E-state index in [-0.39, 0.29) is 39.6 Å². The van der Waals surface area contributed by atoms with E-state index in [2.05, 4.69) is 24.3 Å². The van der Waals surface area contributed by atoms with E-state index in [4.69, 9.17) is 20.9 Å². The summed E-state index contributed by atoms with van der Waals surface area (Å²) >= 11 is 6.07. The lowest BCUT2D eigenvalue weighted by atomic mass is 9.78. The van der Waals surface area contributed by atoms with Crippen LogP contribution in [0, 0.1) is 24.6 Å². The highest BCUT2D eigenvalue weighted by molar-refractivity contribution is 6.33. The van der Waals surface area contributed by atoms with Gasteiger partial charge in [-0.05, 0) is 37.3 Å². The van der Waals surface area contributed by atoms with Crippen LogP contribution in [0.15, 0.2) is 22.7 Å². The van der Waals surface area contributed by atoms with Crippen molar-refractivity contribution in [2.24, 2.45) is 11.8 Å². The van der Waals surface area contributed by atoms with Gasteiger partial charge >= 0.3 is 5.97 Å². The first-order valence-corrected chi connectivity index (χ1v) is 10.0. The van der Waals surface area contributed by atoms with E-state index in [0.717, 1.165) is 19.3 Å². The number of hydrogen-bond donors (Lipinski definition) is 1. The molecule has 156 valence electrons. The summed E-state index contributed by atoms with van der Waals surface area (Å²) in [4.78, 5) is 24.9. The number of esters is 1. The summed E-state index contributed by atoms with van der Waals surface area (Å²) in [5.41, 5.74) is -0.150. The lowest BCUT2D eigenvalue weighted by Crippen LogP contribution is -2.45. The summed E-state index contributed by atoms with van der Waals surface area (Å²) in [6.07, 6.45) is 3.12. The highest BCUT2D eigenvalue weighted by Crippen LogP contribution is 2.34. The predicted molar refractivity (Wildman–Crippen MR) is 106 cm³/mol. The van der Waals surface area contributed by atoms with E-state index in [1.807, 2.05) is 0 Å². The molecule has 8 heteroatoms. The number of rotatable bonds is 5. The van der Waals surface area contributed by atoms with Gasteiger partial charge in [-0.1, -0.05) is 49.5 Å². The number of halogens is 2. The zero-order valence-corrected chi connectivity index (χ0v) is 17.4. The summed E-state index contributed by atoms with van der Waals surface area (Å²) in [6, 6.07) is 4.21. The standard InChI is InChI=1S/C21H24ClFN2O4/c1-11-6-4-9-16(12(11)2)24-17(26)10-28-21(27)18-13(3)29-25-20(18)19-14(22)7-5-8-15(19)23/h5,7-8,11-12,16H,4,6,9-10H2,1-3H3,(H,24,26). The fourth-order valence-electron chi connectivity index (χ4n) is 3.74. The molecule has 1 saturated carbocycles. The van der Waals surface area contributed by atoms with Crippen molar-refractivity contribution in [1.29, 1.82) is 0 Å². The monoisotopic (exact) mass is 422 g/mol. The molecule has 1 aliphatic rings. The molecule has 0 saturated heterocycles. The topological polar surface area (TPSA) is 81.4 Å². The number of carbonyl (C=O) groups is 2. The predicted octanol–water partition coefficient (Wildman–Crippen LogP) is 4.54. The van der Waals surface area contributed by atoms with Gasteiger partial charge in [0, 0.05) is 6.04 Å². The van der Waals surface area contributed by atoms with Gasteiger partial charge in [0.05, 0.1) is 10.6 Å². The SMILES string of the molecule is Cc1onc(-c2c(F)cccc2Cl)c1C(=O)OCC(=O)NC1CCCC(C)C1C. The Labute approximate surface area is 173 Å². The molecular formula is C21H24ClFN2O4. The summed E-state index contributed by atoms with van der Waals surface area (Å²) < 4.78 is 24.5. The number of nitrogens with one attached hydrogen (secondary N) is 1. The third kappa shape index (κ3) is 4.61. The number of ether oxygens (including phenoxy) is 1. The van der Waals surface area contributed by atoms with Crippen LogP contribution in [0.4, 0.5) is 4.39 Å². The minimum absolute atomic E-state index is 0.0487. The van der Waals surface area contributed by atoms with Gasteiger partial charge in [0.15, 0.2) is 6.61 Å². The number of hydrogen-bond acceptors (Lipinski definition) is 5. The molecule has 1 amide bonds. The summed E-state index contributed by atoms with van der Waals surface area (Å²) in [7, 11) is 0. The Bertz CT molecular complexity index is 894. The molecule has 29 heavy (non-hydrogen) atoms. The smallest absolute Gasteiger partial charge is 0.344 e. The fraction of sp³-hybridized carbons (Fsp3) is 0.476. The molecule has 0 bridgehead atoms. The van der Waals surface area contributed by atoms with Crippen LogP contribution in [0.2, 0.25) is 5.02 Å². The van der Waals surface area contributed by atoms with Gasteiger partial charge in [-0.15, -0.1) is 0 Å². The minimum atomic E-state index is -0.821. The van der Waals surface area contributed by atoms with E-state index < -0.39 is 18.4 Å². The number of aryl methyl sites for hydroxylation is 1. The highest BCUT2D eigenvalue weighted by Gasteiger charge is 2.30. The van der Waals surface area contributed by atoms with Gasteiger partial charge < -0.3 is 14.6 Å². The molecule has 1 aliphatic carbocycles. The second-order valence-corrected chi connectivity index (χ2v) is 7.98. The van der Waals surface area contributed by atoms with Crippen LogP contribution in [0.3, 0.4) is 0 Å². The molecular weight excluding hydrogens is 399 g/mol. The van der Waals surface area contributed by atoms with Crippen molar-refractivity contribution in [3.63, 3.8) is 0 Å². The van der Waals surface area contributed by atoms with Crippen LogP contribution in [-0.4, -0.2) is 29.7 Å². The molecule has 0 radical (unpaired) electrons. The number of benzene rings is 1. The van der Waals surface area contributed by atoms with E-state index >= 15 is 0 Å². The molecule has 1 aromatic carbocycles. The van der Waals surface area contributed by atoms with Crippen LogP contribution in [-0.2, 0) is 9.53 Å². The number of carbonyl (C=O) groups excluding carboxylic acids is 2. The number of aromatic nitrogens is 1. The van der Waals surface area contributed by atoms with Crippen LogP contribution in [0.1, 0.15) is 49.2 Å². The third-order valence-corrected chi connectivity index (χ3v) is 5.97. The maximum Gasteiger partial charge on any atom is 0.344 e. The van der Waals surface area contributed by atoms with Crippen molar-refractivity contribution in [2.45, 2.75) is 46.1 Å². The number of nitrogens with zero attached hydrogens (tertiary/aromatic N) is 1. The third-order valence-electron chi connectivity index (χ3n) is 5.65. The van der Waals surface area contributed by atoms with Crippen LogP contribution < -0.4 is 5.32 Å². The molecule has 2 aromatic rings. The first kappa shape index (κ1) is 21.3. The van der Waals surface area contributed by atoms with Gasteiger partial charge in [-0.2, -0.15) is 0 Å². The van der Waals surface area contributed by atoms with Crippen molar-refractivity contribution in [3.05, 3.63) is 40.4 Å². The summed E-state index contributed by atoms with van der Waals surface area (Å²) in [5.74, 6) is -0.789. The average molecular weight is 423 g/mol. The van der Waals surface area contributed by atoms with Crippen molar-refractivity contribution in [3.8, 4) is 11.3 Å². The molecule has 1 heterocycles. The molecule has 1 N–H and O–H groups in total. The Kier molecular flexibility index (Phi) is 6.57. The maximum absolute atomic E-state index is 14.2. The Morgan fingerprint density at radius 1 is 1.34 bits per heavy atom. The summed E-state index contributed by atoms with van der Waals surface area (Å²) in [6.45, 7) is 5.36. The Balaban J connectivity index is 1.69. The lowest BCUT2D eigenvalue weighted by molar-refractivity contribution is -0.125. The van der Waals surface area contributed by atoms with Gasteiger partial charge in [0.2, 0.25) is 0 Å². The van der Waals surface area contributed by atoms with Crippen molar-refractivity contribution in [1.82, 2.24) is 10.5 Å². The normalized spacial score (nSPS) is 21.6. The van der Waals surface area contributed by atoms with Gasteiger partial charge in [-0.25, -0.2) is 9.18 Å². The second-order valence-electron chi connectivity index (χ2n) is 7.58. The molecule has 3 rings (SSSR count). The van der Waals surface area contributed by atoms with Gasteiger partial charge in [0.25, 0.3) is 5.91 Å². The molecule has 1 fully saturated rings.